The summed E-state index contributed by atoms with van der Waals surface area (Å²) >= 11 is 12.1. The second kappa shape index (κ2) is 6.49. The fraction of sp³-hybridized carbons (Fsp3) is 0.571. The van der Waals surface area contributed by atoms with Gasteiger partial charge in [-0.2, -0.15) is 0 Å². The highest BCUT2D eigenvalue weighted by molar-refractivity contribution is 6.74. The van der Waals surface area contributed by atoms with Crippen LogP contribution in [0, 0.1) is 0 Å². The van der Waals surface area contributed by atoms with Crippen molar-refractivity contribution in [2.24, 2.45) is 0 Å². The van der Waals surface area contributed by atoms with Crippen LogP contribution in [-0.2, 0) is 4.43 Å². The van der Waals surface area contributed by atoms with Gasteiger partial charge in [-0.3, -0.25) is 0 Å². The van der Waals surface area contributed by atoms with E-state index in [9.17, 15) is 0 Å². The van der Waals surface area contributed by atoms with Crippen LogP contribution in [0.3, 0.4) is 0 Å². The summed E-state index contributed by atoms with van der Waals surface area (Å²) in [7, 11) is -1.72. The smallest absolute Gasteiger partial charge is 0.192 e. The number of ether oxygens (including phenoxy) is 1. The third-order valence-electron chi connectivity index (χ3n) is 3.52. The molecule has 0 aliphatic carbocycles. The van der Waals surface area contributed by atoms with Gasteiger partial charge in [-0.25, -0.2) is 0 Å². The van der Waals surface area contributed by atoms with Gasteiger partial charge in [0.1, 0.15) is 6.61 Å². The molecule has 0 saturated carbocycles. The predicted octanol–water partition coefficient (Wildman–Crippen LogP) is 5.39. The first-order chi connectivity index (χ1) is 8.65. The summed E-state index contributed by atoms with van der Waals surface area (Å²) in [6, 6.07) is 5.32. The van der Waals surface area contributed by atoms with Crippen molar-refractivity contribution in [2.75, 3.05) is 13.2 Å². The van der Waals surface area contributed by atoms with E-state index in [-0.39, 0.29) is 5.04 Å². The molecular weight excluding hydrogens is 299 g/mol. The number of hydrogen-bond acceptors (Lipinski definition) is 2. The summed E-state index contributed by atoms with van der Waals surface area (Å²) in [5.41, 5.74) is 0. The van der Waals surface area contributed by atoms with Crippen LogP contribution in [0.25, 0.3) is 0 Å². The van der Waals surface area contributed by atoms with Gasteiger partial charge in [0.15, 0.2) is 14.1 Å². The molecule has 0 radical (unpaired) electrons. The molecule has 0 aliphatic heterocycles. The molecule has 0 aromatic heterocycles. The Morgan fingerprint density at radius 1 is 1.05 bits per heavy atom. The van der Waals surface area contributed by atoms with E-state index in [1.807, 2.05) is 0 Å². The van der Waals surface area contributed by atoms with Gasteiger partial charge in [0.2, 0.25) is 0 Å². The van der Waals surface area contributed by atoms with Gasteiger partial charge in [0.05, 0.1) is 16.7 Å². The van der Waals surface area contributed by atoms with Crippen molar-refractivity contribution < 1.29 is 9.16 Å². The molecule has 108 valence electrons. The highest BCUT2D eigenvalue weighted by Gasteiger charge is 2.36. The summed E-state index contributed by atoms with van der Waals surface area (Å²) in [6.07, 6.45) is 0. The molecule has 1 rings (SSSR count). The van der Waals surface area contributed by atoms with Crippen molar-refractivity contribution in [3.8, 4) is 5.75 Å². The summed E-state index contributed by atoms with van der Waals surface area (Å²) in [6.45, 7) is 12.1. The molecule has 5 heteroatoms. The summed E-state index contributed by atoms with van der Waals surface area (Å²) < 4.78 is 11.6. The molecule has 1 aromatic rings. The van der Waals surface area contributed by atoms with E-state index in [0.717, 1.165) is 0 Å². The van der Waals surface area contributed by atoms with Gasteiger partial charge >= 0.3 is 0 Å². The second-order valence-corrected chi connectivity index (χ2v) is 11.6. The number of benzene rings is 1. The largest absolute Gasteiger partial charge is 0.488 e. The molecule has 0 saturated heterocycles. The maximum Gasteiger partial charge on any atom is 0.192 e. The fourth-order valence-electron chi connectivity index (χ4n) is 1.28. The molecule has 0 aliphatic rings. The van der Waals surface area contributed by atoms with Crippen molar-refractivity contribution in [3.63, 3.8) is 0 Å². The van der Waals surface area contributed by atoms with Crippen LogP contribution in [0.2, 0.25) is 28.2 Å². The van der Waals surface area contributed by atoms with Gasteiger partial charge in [-0.05, 0) is 30.3 Å². The van der Waals surface area contributed by atoms with E-state index in [1.165, 1.54) is 0 Å². The average Bonchev–Trinajstić information content (AvgIpc) is 2.25. The van der Waals surface area contributed by atoms with Crippen LogP contribution in [0.5, 0.6) is 5.75 Å². The number of halogens is 2. The molecule has 1 aromatic carbocycles. The molecule has 19 heavy (non-hydrogen) atoms. The molecular formula is C14H22Cl2O2Si. The average molecular weight is 321 g/mol. The molecule has 0 atom stereocenters. The zero-order valence-corrected chi connectivity index (χ0v) is 14.7. The number of para-hydroxylation sites is 1. The Balaban J connectivity index is 2.48. The van der Waals surface area contributed by atoms with Gasteiger partial charge in [0.25, 0.3) is 0 Å². The minimum absolute atomic E-state index is 0.203. The van der Waals surface area contributed by atoms with Crippen LogP contribution in [0.4, 0.5) is 0 Å². The number of rotatable bonds is 5. The molecule has 0 heterocycles. The zero-order valence-electron chi connectivity index (χ0n) is 12.2. The van der Waals surface area contributed by atoms with Crippen LogP contribution in [0.15, 0.2) is 18.2 Å². The first-order valence-corrected chi connectivity index (χ1v) is 10.0. The van der Waals surface area contributed by atoms with Crippen molar-refractivity contribution in [2.45, 2.75) is 38.9 Å². The van der Waals surface area contributed by atoms with Gasteiger partial charge in [-0.15, -0.1) is 0 Å². The molecule has 0 unspecified atom stereocenters. The van der Waals surface area contributed by atoms with E-state index < -0.39 is 8.32 Å². The van der Waals surface area contributed by atoms with E-state index in [1.54, 1.807) is 18.2 Å². The van der Waals surface area contributed by atoms with Crippen LogP contribution < -0.4 is 4.74 Å². The first kappa shape index (κ1) is 16.8. The molecule has 0 amide bonds. The molecule has 0 spiro atoms. The Labute approximate surface area is 127 Å². The Hall–Kier alpha value is -0.223. The van der Waals surface area contributed by atoms with E-state index in [4.69, 9.17) is 32.4 Å². The van der Waals surface area contributed by atoms with Gasteiger partial charge in [-0.1, -0.05) is 50.0 Å². The van der Waals surface area contributed by atoms with Crippen LogP contribution in [0.1, 0.15) is 20.8 Å². The van der Waals surface area contributed by atoms with Gasteiger partial charge < -0.3 is 9.16 Å². The van der Waals surface area contributed by atoms with E-state index in [0.29, 0.717) is 29.0 Å². The van der Waals surface area contributed by atoms with Crippen molar-refractivity contribution in [1.29, 1.82) is 0 Å². The lowest BCUT2D eigenvalue weighted by atomic mass is 10.2. The predicted molar refractivity (Wildman–Crippen MR) is 85.1 cm³/mol. The van der Waals surface area contributed by atoms with Crippen molar-refractivity contribution in [3.05, 3.63) is 28.2 Å². The normalized spacial score (nSPS) is 12.6. The van der Waals surface area contributed by atoms with Gasteiger partial charge in [0, 0.05) is 0 Å². The lowest BCUT2D eigenvalue weighted by molar-refractivity contribution is 0.203. The molecule has 0 bridgehead atoms. The van der Waals surface area contributed by atoms with Crippen molar-refractivity contribution in [1.82, 2.24) is 0 Å². The zero-order chi connectivity index (χ0) is 14.7. The van der Waals surface area contributed by atoms with E-state index >= 15 is 0 Å². The third kappa shape index (κ3) is 4.67. The first-order valence-electron chi connectivity index (χ1n) is 6.36. The monoisotopic (exact) mass is 320 g/mol. The molecule has 0 N–H and O–H groups in total. The fourth-order valence-corrected chi connectivity index (χ4v) is 2.81. The third-order valence-corrected chi connectivity index (χ3v) is 8.65. The highest BCUT2D eigenvalue weighted by atomic mass is 35.5. The second-order valence-electron chi connectivity index (χ2n) is 6.01. The maximum atomic E-state index is 6.03. The minimum Gasteiger partial charge on any atom is -0.488 e. The molecule has 2 nitrogen and oxygen atoms in total. The summed E-state index contributed by atoms with van der Waals surface area (Å²) in [5.74, 6) is 0.532. The van der Waals surface area contributed by atoms with E-state index in [2.05, 4.69) is 33.9 Å². The summed E-state index contributed by atoms with van der Waals surface area (Å²) in [4.78, 5) is 0. The number of hydrogen-bond donors (Lipinski definition) is 0. The Morgan fingerprint density at radius 2 is 1.58 bits per heavy atom. The SMILES string of the molecule is CC(C)(C)[Si](C)(C)OCCOc1c(Cl)cccc1Cl. The highest BCUT2D eigenvalue weighted by Crippen LogP contribution is 2.36. The quantitative estimate of drug-likeness (QED) is 0.534. The molecule has 0 fully saturated rings. The topological polar surface area (TPSA) is 18.5 Å². The Bertz CT molecular complexity index is 408. The van der Waals surface area contributed by atoms with Crippen molar-refractivity contribution >= 4 is 31.5 Å². The Kier molecular flexibility index (Phi) is 5.74. The standard InChI is InChI=1S/C14H22Cl2O2Si/c1-14(2,3)19(4,5)18-10-9-17-13-11(15)7-6-8-12(13)16/h6-8H,9-10H2,1-5H3. The lowest BCUT2D eigenvalue weighted by Gasteiger charge is -2.36. The maximum absolute atomic E-state index is 6.03. The lowest BCUT2D eigenvalue weighted by Crippen LogP contribution is -2.41. The summed E-state index contributed by atoms with van der Waals surface area (Å²) in [5, 5.41) is 1.26. The Morgan fingerprint density at radius 3 is 2.05 bits per heavy atom. The minimum atomic E-state index is -1.72. The van der Waals surface area contributed by atoms with Crippen LogP contribution in [-0.4, -0.2) is 21.5 Å². The van der Waals surface area contributed by atoms with Crippen LogP contribution >= 0.6 is 23.2 Å².